The summed E-state index contributed by atoms with van der Waals surface area (Å²) in [5.74, 6) is 0.730. The molecule has 2 aliphatic heterocycles. The Hall–Kier alpha value is -2.58. The Balaban J connectivity index is 1.25. The van der Waals surface area contributed by atoms with Crippen molar-refractivity contribution in [3.05, 3.63) is 59.9 Å². The van der Waals surface area contributed by atoms with Gasteiger partial charge in [0.15, 0.2) is 0 Å². The summed E-state index contributed by atoms with van der Waals surface area (Å²) in [5.41, 5.74) is 8.68. The molecule has 30 heavy (non-hydrogen) atoms. The van der Waals surface area contributed by atoms with Crippen molar-refractivity contribution in [1.82, 2.24) is 25.7 Å². The number of hydrazine groups is 1. The lowest BCUT2D eigenvalue weighted by atomic mass is 10.0. The van der Waals surface area contributed by atoms with Gasteiger partial charge in [-0.3, -0.25) is 15.8 Å². The number of fused-ring (bicyclic) bond motifs is 1. The summed E-state index contributed by atoms with van der Waals surface area (Å²) in [6.07, 6.45) is 6.26. The molecule has 2 fully saturated rings. The zero-order valence-electron chi connectivity index (χ0n) is 16.9. The van der Waals surface area contributed by atoms with Gasteiger partial charge in [0.1, 0.15) is 5.75 Å². The molecule has 0 spiro atoms. The van der Waals surface area contributed by atoms with E-state index < -0.39 is 0 Å². The minimum atomic E-state index is -0.132. The minimum Gasteiger partial charge on any atom is -0.424 e. The first-order chi connectivity index (χ1) is 14.7. The van der Waals surface area contributed by atoms with E-state index >= 15 is 0 Å². The average molecular weight is 406 g/mol. The zero-order chi connectivity index (χ0) is 20.3. The highest BCUT2D eigenvalue weighted by Crippen LogP contribution is 2.26. The number of hydrogen-bond donors (Lipinski definition) is 3. The van der Waals surface area contributed by atoms with E-state index in [1.165, 1.54) is 10.9 Å². The molecule has 2 saturated heterocycles. The number of aromatic nitrogens is 2. The normalized spacial score (nSPS) is 20.6. The predicted octanol–water partition coefficient (Wildman–Crippen LogP) is 2.92. The number of likely N-dealkylation sites (tertiary alicyclic amines) is 1. The highest BCUT2D eigenvalue weighted by molar-refractivity contribution is 5.84. The summed E-state index contributed by atoms with van der Waals surface area (Å²) >= 11 is 0. The van der Waals surface area contributed by atoms with E-state index in [1.807, 2.05) is 24.5 Å². The number of ether oxygens (including phenoxy) is 1. The highest BCUT2D eigenvalue weighted by atomic mass is 16.5. The van der Waals surface area contributed by atoms with Crippen molar-refractivity contribution in [1.29, 1.82) is 0 Å². The Morgan fingerprint density at radius 3 is 2.53 bits per heavy atom. The summed E-state index contributed by atoms with van der Waals surface area (Å²) in [7, 11) is 0. The first kappa shape index (κ1) is 19.4. The minimum absolute atomic E-state index is 0.132. The van der Waals surface area contributed by atoms with Gasteiger partial charge in [-0.1, -0.05) is 18.2 Å². The Morgan fingerprint density at radius 2 is 1.77 bits per heavy atom. The lowest BCUT2D eigenvalue weighted by molar-refractivity contribution is 0.0792. The van der Waals surface area contributed by atoms with Crippen LogP contribution in [0.4, 0.5) is 0 Å². The first-order valence-electron chi connectivity index (χ1n) is 10.6. The topological polar surface area (TPSA) is 82.5 Å². The average Bonchev–Trinajstić information content (AvgIpc) is 3.31. The van der Waals surface area contributed by atoms with Gasteiger partial charge in [0, 0.05) is 44.1 Å². The van der Waals surface area contributed by atoms with Gasteiger partial charge in [-0.25, -0.2) is 9.97 Å². The Kier molecular flexibility index (Phi) is 5.59. The number of piperidine rings is 1. The molecule has 1 unspecified atom stereocenters. The SMILES string of the molecule is OC1CCN(Cc2ccc3cc(Oc4ncc(C5CCNN5)cn4)ccc3c2)CC1. The van der Waals surface area contributed by atoms with Gasteiger partial charge < -0.3 is 9.84 Å². The van der Waals surface area contributed by atoms with Crippen LogP contribution < -0.4 is 15.6 Å². The van der Waals surface area contributed by atoms with Crippen molar-refractivity contribution < 1.29 is 9.84 Å². The Morgan fingerprint density at radius 1 is 1.00 bits per heavy atom. The molecule has 0 aliphatic carbocycles. The second-order valence-corrected chi connectivity index (χ2v) is 8.16. The van der Waals surface area contributed by atoms with Crippen molar-refractivity contribution >= 4 is 10.8 Å². The Bertz CT molecular complexity index is 996. The summed E-state index contributed by atoms with van der Waals surface area (Å²) in [6, 6.07) is 13.2. The predicted molar refractivity (Wildman–Crippen MR) is 115 cm³/mol. The van der Waals surface area contributed by atoms with Gasteiger partial charge in [-0.15, -0.1) is 0 Å². The molecule has 0 saturated carbocycles. The molecule has 2 aromatic carbocycles. The number of nitrogens with one attached hydrogen (secondary N) is 2. The van der Waals surface area contributed by atoms with Crippen molar-refractivity contribution in [2.24, 2.45) is 0 Å². The summed E-state index contributed by atoms with van der Waals surface area (Å²) in [4.78, 5) is 11.1. The molecule has 3 aromatic rings. The van der Waals surface area contributed by atoms with Crippen LogP contribution >= 0.6 is 0 Å². The van der Waals surface area contributed by atoms with Gasteiger partial charge >= 0.3 is 6.01 Å². The third kappa shape index (κ3) is 4.44. The summed E-state index contributed by atoms with van der Waals surface area (Å²) < 4.78 is 5.88. The maximum Gasteiger partial charge on any atom is 0.321 e. The fraction of sp³-hybridized carbons (Fsp3) is 0.391. The van der Waals surface area contributed by atoms with Crippen molar-refractivity contribution in [3.63, 3.8) is 0 Å². The molecular weight excluding hydrogens is 378 g/mol. The molecule has 0 radical (unpaired) electrons. The van der Waals surface area contributed by atoms with Crippen LogP contribution in [0.3, 0.4) is 0 Å². The molecule has 2 aliphatic rings. The van der Waals surface area contributed by atoms with Crippen LogP contribution in [-0.4, -0.2) is 45.7 Å². The van der Waals surface area contributed by atoms with E-state index in [9.17, 15) is 5.11 Å². The van der Waals surface area contributed by atoms with Gasteiger partial charge in [-0.2, -0.15) is 0 Å². The fourth-order valence-electron chi connectivity index (χ4n) is 4.17. The molecule has 156 valence electrons. The monoisotopic (exact) mass is 405 g/mol. The van der Waals surface area contributed by atoms with Crippen LogP contribution in [-0.2, 0) is 6.54 Å². The van der Waals surface area contributed by atoms with E-state index in [0.717, 1.165) is 62.1 Å². The third-order valence-electron chi connectivity index (χ3n) is 5.93. The van der Waals surface area contributed by atoms with Crippen LogP contribution in [0, 0.1) is 0 Å². The van der Waals surface area contributed by atoms with Gasteiger partial charge in [0.25, 0.3) is 0 Å². The molecule has 5 rings (SSSR count). The van der Waals surface area contributed by atoms with Crippen LogP contribution in [0.15, 0.2) is 48.8 Å². The van der Waals surface area contributed by atoms with E-state index in [2.05, 4.69) is 50.0 Å². The van der Waals surface area contributed by atoms with Crippen LogP contribution in [0.25, 0.3) is 10.8 Å². The molecular formula is C23H27N5O2. The van der Waals surface area contributed by atoms with E-state index in [1.54, 1.807) is 0 Å². The quantitative estimate of drug-likeness (QED) is 0.602. The first-order valence-corrected chi connectivity index (χ1v) is 10.6. The Labute approximate surface area is 176 Å². The fourth-order valence-corrected chi connectivity index (χ4v) is 4.17. The van der Waals surface area contributed by atoms with Crippen molar-refractivity contribution in [2.75, 3.05) is 19.6 Å². The largest absolute Gasteiger partial charge is 0.424 e. The summed E-state index contributed by atoms with van der Waals surface area (Å²) in [6.45, 7) is 3.78. The van der Waals surface area contributed by atoms with E-state index in [4.69, 9.17) is 4.74 Å². The van der Waals surface area contributed by atoms with E-state index in [-0.39, 0.29) is 12.1 Å². The molecule has 7 nitrogen and oxygen atoms in total. The third-order valence-corrected chi connectivity index (χ3v) is 5.93. The van der Waals surface area contributed by atoms with Gasteiger partial charge in [0.2, 0.25) is 0 Å². The number of hydrogen-bond acceptors (Lipinski definition) is 7. The van der Waals surface area contributed by atoms with Gasteiger partial charge in [-0.05, 0) is 53.8 Å². The van der Waals surface area contributed by atoms with Crippen molar-refractivity contribution in [3.8, 4) is 11.8 Å². The molecule has 0 bridgehead atoms. The second kappa shape index (κ2) is 8.65. The number of benzene rings is 2. The smallest absolute Gasteiger partial charge is 0.321 e. The number of rotatable bonds is 5. The van der Waals surface area contributed by atoms with Gasteiger partial charge in [0.05, 0.1) is 12.1 Å². The molecule has 0 amide bonds. The lowest BCUT2D eigenvalue weighted by Crippen LogP contribution is -2.35. The molecule has 1 atom stereocenters. The maximum absolute atomic E-state index is 9.68. The summed E-state index contributed by atoms with van der Waals surface area (Å²) in [5, 5.41) is 12.0. The standard InChI is InChI=1S/C23H27N5O2/c29-20-6-9-28(10-7-20)15-16-1-2-18-12-21(4-3-17(18)11-16)30-23-24-13-19(14-25-23)22-5-8-26-27-22/h1-4,11-14,20,22,26-27,29H,5-10,15H2. The van der Waals surface area contributed by atoms with E-state index in [0.29, 0.717) is 6.01 Å². The molecule has 3 N–H and O–H groups in total. The number of aliphatic hydroxyl groups excluding tert-OH is 1. The van der Waals surface area contributed by atoms with Crippen LogP contribution in [0.5, 0.6) is 11.8 Å². The second-order valence-electron chi connectivity index (χ2n) is 8.16. The van der Waals surface area contributed by atoms with Crippen molar-refractivity contribution in [2.45, 2.75) is 38.0 Å². The maximum atomic E-state index is 9.68. The van der Waals surface area contributed by atoms with Crippen LogP contribution in [0.2, 0.25) is 0 Å². The number of nitrogens with zero attached hydrogens (tertiary/aromatic N) is 3. The zero-order valence-corrected chi connectivity index (χ0v) is 16.9. The molecule has 1 aromatic heterocycles. The highest BCUT2D eigenvalue weighted by Gasteiger charge is 2.18. The molecule has 3 heterocycles. The molecule has 7 heteroatoms. The van der Waals surface area contributed by atoms with Crippen LogP contribution in [0.1, 0.15) is 36.4 Å². The number of aliphatic hydroxyl groups is 1. The lowest BCUT2D eigenvalue weighted by Gasteiger charge is -2.29.